The smallest absolute Gasteiger partial charge is 0.317 e. The average molecular weight is 276 g/mol. The number of hydrogen-bond acceptors (Lipinski definition) is 3. The molecular formula is C12H24N2O3S. The summed E-state index contributed by atoms with van der Waals surface area (Å²) in [5.41, 5.74) is 0. The summed E-state index contributed by atoms with van der Waals surface area (Å²) in [7, 11) is 0.895. The van der Waals surface area contributed by atoms with Gasteiger partial charge in [-0.2, -0.15) is 0 Å². The van der Waals surface area contributed by atoms with Crippen molar-refractivity contribution >= 4 is 16.8 Å². The van der Waals surface area contributed by atoms with Gasteiger partial charge in [-0.3, -0.25) is 4.21 Å². The van der Waals surface area contributed by atoms with Crippen molar-refractivity contribution in [1.29, 1.82) is 0 Å². The second kappa shape index (κ2) is 7.74. The first-order valence-corrected chi connectivity index (χ1v) is 7.96. The van der Waals surface area contributed by atoms with Crippen LogP contribution >= 0.6 is 0 Å². The molecule has 0 aromatic heterocycles. The highest BCUT2D eigenvalue weighted by molar-refractivity contribution is 7.85. The van der Waals surface area contributed by atoms with E-state index in [0.717, 1.165) is 25.7 Å². The molecule has 1 rings (SSSR count). The zero-order chi connectivity index (χ0) is 13.5. The lowest BCUT2D eigenvalue weighted by atomic mass is 9.95. The molecule has 3 atom stereocenters. The Balaban J connectivity index is 2.42. The van der Waals surface area contributed by atoms with Crippen molar-refractivity contribution in [3.8, 4) is 0 Å². The number of amides is 2. The predicted molar refractivity (Wildman–Crippen MR) is 73.0 cm³/mol. The van der Waals surface area contributed by atoms with Crippen molar-refractivity contribution in [2.24, 2.45) is 0 Å². The fourth-order valence-electron chi connectivity index (χ4n) is 2.29. The maximum Gasteiger partial charge on any atom is 0.317 e. The molecule has 1 fully saturated rings. The number of likely N-dealkylation sites (N-methyl/N-ethyl adjacent to an activating group) is 1. The van der Waals surface area contributed by atoms with Gasteiger partial charge in [0.05, 0.1) is 6.61 Å². The van der Waals surface area contributed by atoms with Gasteiger partial charge in [0.25, 0.3) is 0 Å². The van der Waals surface area contributed by atoms with Crippen LogP contribution < -0.4 is 5.32 Å². The molecule has 1 saturated carbocycles. The van der Waals surface area contributed by atoms with Gasteiger partial charge in [-0.25, -0.2) is 4.79 Å². The van der Waals surface area contributed by atoms with Crippen LogP contribution in [0.15, 0.2) is 0 Å². The molecule has 18 heavy (non-hydrogen) atoms. The van der Waals surface area contributed by atoms with Crippen LogP contribution in [-0.2, 0) is 10.8 Å². The Morgan fingerprint density at radius 3 is 2.83 bits per heavy atom. The first-order valence-electron chi connectivity index (χ1n) is 6.58. The lowest BCUT2D eigenvalue weighted by molar-refractivity contribution is 0.184. The number of aliphatic hydroxyl groups excluding tert-OH is 1. The Bertz CT molecular complexity index is 299. The zero-order valence-corrected chi connectivity index (χ0v) is 12.0. The van der Waals surface area contributed by atoms with Gasteiger partial charge in [-0.1, -0.05) is 13.3 Å². The second-order valence-corrected chi connectivity index (χ2v) is 6.76. The maximum atomic E-state index is 11.8. The van der Waals surface area contributed by atoms with E-state index in [0.29, 0.717) is 12.3 Å². The molecule has 0 spiro atoms. The van der Waals surface area contributed by atoms with Crippen molar-refractivity contribution in [1.82, 2.24) is 10.2 Å². The van der Waals surface area contributed by atoms with E-state index in [2.05, 4.69) is 5.32 Å². The fourth-order valence-corrected chi connectivity index (χ4v) is 3.63. The zero-order valence-electron chi connectivity index (χ0n) is 11.2. The molecule has 0 bridgehead atoms. The van der Waals surface area contributed by atoms with E-state index in [4.69, 9.17) is 5.11 Å². The Labute approximate surface area is 111 Å². The van der Waals surface area contributed by atoms with Crippen molar-refractivity contribution in [2.45, 2.75) is 43.9 Å². The number of nitrogens with zero attached hydrogens (tertiary/aromatic N) is 1. The highest BCUT2D eigenvalue weighted by Gasteiger charge is 2.26. The quantitative estimate of drug-likeness (QED) is 0.776. The Hall–Kier alpha value is -0.620. The van der Waals surface area contributed by atoms with E-state index in [1.54, 1.807) is 7.05 Å². The first-order chi connectivity index (χ1) is 8.58. The highest BCUT2D eigenvalue weighted by atomic mass is 32.2. The van der Waals surface area contributed by atoms with E-state index in [1.165, 1.54) is 4.90 Å². The van der Waals surface area contributed by atoms with Gasteiger partial charge in [-0.05, 0) is 19.3 Å². The minimum atomic E-state index is -0.768. The molecule has 2 amide bonds. The third-order valence-corrected chi connectivity index (χ3v) is 5.13. The Morgan fingerprint density at radius 2 is 2.22 bits per heavy atom. The molecule has 0 aliphatic heterocycles. The van der Waals surface area contributed by atoms with Gasteiger partial charge in [0, 0.05) is 41.4 Å². The fraction of sp³-hybridized carbons (Fsp3) is 0.917. The summed E-state index contributed by atoms with van der Waals surface area (Å²) >= 11 is 0. The molecule has 0 saturated heterocycles. The van der Waals surface area contributed by atoms with E-state index in [1.807, 2.05) is 6.92 Å². The van der Waals surface area contributed by atoms with Crippen molar-refractivity contribution in [3.05, 3.63) is 0 Å². The first kappa shape index (κ1) is 15.4. The number of hydrogen-bond donors (Lipinski definition) is 2. The number of nitrogens with one attached hydrogen (secondary N) is 1. The van der Waals surface area contributed by atoms with Gasteiger partial charge in [0.1, 0.15) is 0 Å². The molecule has 1 aliphatic rings. The molecule has 2 N–H and O–H groups in total. The lowest BCUT2D eigenvalue weighted by Gasteiger charge is -2.30. The van der Waals surface area contributed by atoms with Crippen LogP contribution in [0, 0.1) is 0 Å². The molecule has 106 valence electrons. The summed E-state index contributed by atoms with van der Waals surface area (Å²) in [6, 6.07) is -0.0372. The molecule has 0 heterocycles. The lowest BCUT2D eigenvalue weighted by Crippen LogP contribution is -2.46. The molecule has 3 unspecified atom stereocenters. The SMILES string of the molecule is CCS(=O)C1CCCC(NC(=O)N(C)CCO)C1. The van der Waals surface area contributed by atoms with Crippen LogP contribution in [0.25, 0.3) is 0 Å². The standard InChI is InChI=1S/C12H24N2O3S/c1-3-18(17)11-6-4-5-10(9-11)13-12(16)14(2)7-8-15/h10-11,15H,3-9H2,1-2H3,(H,13,16). The molecular weight excluding hydrogens is 252 g/mol. The number of urea groups is 1. The van der Waals surface area contributed by atoms with Gasteiger partial charge in [0.15, 0.2) is 0 Å². The third kappa shape index (κ3) is 4.57. The average Bonchev–Trinajstić information content (AvgIpc) is 2.38. The molecule has 0 radical (unpaired) electrons. The van der Waals surface area contributed by atoms with Gasteiger partial charge >= 0.3 is 6.03 Å². The molecule has 0 aromatic carbocycles. The summed E-state index contributed by atoms with van der Waals surface area (Å²) in [6.07, 6.45) is 3.78. The van der Waals surface area contributed by atoms with Crippen molar-refractivity contribution < 1.29 is 14.1 Å². The van der Waals surface area contributed by atoms with E-state index in [-0.39, 0.29) is 23.9 Å². The van der Waals surface area contributed by atoms with E-state index in [9.17, 15) is 9.00 Å². The summed E-state index contributed by atoms with van der Waals surface area (Å²) < 4.78 is 11.8. The topological polar surface area (TPSA) is 69.6 Å². The summed E-state index contributed by atoms with van der Waals surface area (Å²) in [5.74, 6) is 0.690. The molecule has 1 aliphatic carbocycles. The third-order valence-electron chi connectivity index (χ3n) is 3.39. The number of carbonyl (C=O) groups excluding carboxylic acids is 1. The van der Waals surface area contributed by atoms with Crippen molar-refractivity contribution in [2.75, 3.05) is 26.0 Å². The van der Waals surface area contributed by atoms with Gasteiger partial charge < -0.3 is 15.3 Å². The minimum Gasteiger partial charge on any atom is -0.395 e. The van der Waals surface area contributed by atoms with Crippen LogP contribution in [0.2, 0.25) is 0 Å². The second-order valence-electron chi connectivity index (χ2n) is 4.75. The largest absolute Gasteiger partial charge is 0.395 e. The van der Waals surface area contributed by atoms with Gasteiger partial charge in [0.2, 0.25) is 0 Å². The summed E-state index contributed by atoms with van der Waals surface area (Å²) in [4.78, 5) is 13.2. The molecule has 0 aromatic rings. The normalized spacial score (nSPS) is 25.5. The Kier molecular flexibility index (Phi) is 6.63. The highest BCUT2D eigenvalue weighted by Crippen LogP contribution is 2.23. The van der Waals surface area contributed by atoms with Crippen LogP contribution in [0.4, 0.5) is 4.79 Å². The molecule has 5 nitrogen and oxygen atoms in total. The van der Waals surface area contributed by atoms with Crippen LogP contribution in [-0.4, -0.2) is 57.5 Å². The van der Waals surface area contributed by atoms with Crippen LogP contribution in [0.5, 0.6) is 0 Å². The minimum absolute atomic E-state index is 0.0307. The van der Waals surface area contributed by atoms with Crippen molar-refractivity contribution in [3.63, 3.8) is 0 Å². The molecule has 6 heteroatoms. The van der Waals surface area contributed by atoms with Crippen LogP contribution in [0.3, 0.4) is 0 Å². The Morgan fingerprint density at radius 1 is 1.50 bits per heavy atom. The van der Waals surface area contributed by atoms with E-state index >= 15 is 0 Å². The summed E-state index contributed by atoms with van der Waals surface area (Å²) in [6.45, 7) is 2.24. The monoisotopic (exact) mass is 276 g/mol. The van der Waals surface area contributed by atoms with E-state index < -0.39 is 10.8 Å². The number of carbonyl (C=O) groups is 1. The number of rotatable bonds is 5. The number of aliphatic hydroxyl groups is 1. The summed E-state index contributed by atoms with van der Waals surface area (Å²) in [5, 5.41) is 11.9. The predicted octanol–water partition coefficient (Wildman–Crippen LogP) is 0.700. The maximum absolute atomic E-state index is 11.8. The van der Waals surface area contributed by atoms with Gasteiger partial charge in [-0.15, -0.1) is 0 Å². The van der Waals surface area contributed by atoms with Crippen LogP contribution in [0.1, 0.15) is 32.6 Å².